The van der Waals surface area contributed by atoms with E-state index in [0.29, 0.717) is 12.5 Å². The van der Waals surface area contributed by atoms with E-state index in [0.717, 1.165) is 31.6 Å². The Kier molecular flexibility index (Phi) is 4.30. The van der Waals surface area contributed by atoms with E-state index in [2.05, 4.69) is 25.6 Å². The van der Waals surface area contributed by atoms with E-state index in [4.69, 9.17) is 0 Å². The normalized spacial score (nSPS) is 21.2. The Balaban J connectivity index is 1.85. The van der Waals surface area contributed by atoms with Gasteiger partial charge in [0.15, 0.2) is 0 Å². The van der Waals surface area contributed by atoms with Crippen LogP contribution in [-0.2, 0) is 4.79 Å². The molecule has 1 amide bonds. The summed E-state index contributed by atoms with van der Waals surface area (Å²) in [5.74, 6) is 0.496. The first-order valence-corrected chi connectivity index (χ1v) is 6.52. The van der Waals surface area contributed by atoms with E-state index in [1.165, 1.54) is 0 Å². The summed E-state index contributed by atoms with van der Waals surface area (Å²) in [7, 11) is 0. The molecule has 1 saturated heterocycles. The molecule has 0 aromatic carbocycles. The number of aromatic amines is 1. The number of H-pyrrole nitrogens is 1. The summed E-state index contributed by atoms with van der Waals surface area (Å²) in [4.78, 5) is 13.9. The molecular weight excluding hydrogens is 230 g/mol. The lowest BCUT2D eigenvalue weighted by Gasteiger charge is -2.31. The Labute approximate surface area is 107 Å². The molecule has 6 heteroatoms. The second-order valence-electron chi connectivity index (χ2n) is 5.19. The largest absolute Gasteiger partial charge is 0.353 e. The summed E-state index contributed by atoms with van der Waals surface area (Å²) < 4.78 is 0. The molecule has 1 aromatic rings. The van der Waals surface area contributed by atoms with Crippen LogP contribution in [0.1, 0.15) is 38.3 Å². The molecule has 0 saturated carbocycles. The lowest BCUT2D eigenvalue weighted by molar-refractivity contribution is -0.123. The van der Waals surface area contributed by atoms with Crippen LogP contribution in [0, 0.1) is 0 Å². The molecule has 1 atom stereocenters. The van der Waals surface area contributed by atoms with Gasteiger partial charge in [-0.05, 0) is 33.2 Å². The molecule has 0 radical (unpaired) electrons. The number of nitrogens with one attached hydrogen (secondary N) is 2. The van der Waals surface area contributed by atoms with Crippen LogP contribution in [0.4, 0.5) is 0 Å². The molecule has 2 heterocycles. The van der Waals surface area contributed by atoms with Crippen molar-refractivity contribution in [2.24, 2.45) is 0 Å². The number of hydrogen-bond donors (Lipinski definition) is 2. The number of rotatable bonds is 4. The fourth-order valence-electron chi connectivity index (χ4n) is 2.42. The highest BCUT2D eigenvalue weighted by atomic mass is 16.2. The van der Waals surface area contributed by atoms with Crippen LogP contribution in [0.3, 0.4) is 0 Å². The van der Waals surface area contributed by atoms with E-state index in [-0.39, 0.29) is 11.9 Å². The topological polar surface area (TPSA) is 73.9 Å². The van der Waals surface area contributed by atoms with E-state index in [1.54, 1.807) is 6.20 Å². The van der Waals surface area contributed by atoms with Crippen molar-refractivity contribution in [1.29, 1.82) is 0 Å². The first kappa shape index (κ1) is 13.0. The number of hydrogen-bond acceptors (Lipinski definition) is 4. The van der Waals surface area contributed by atoms with Gasteiger partial charge in [0, 0.05) is 18.5 Å². The van der Waals surface area contributed by atoms with Gasteiger partial charge in [-0.3, -0.25) is 9.69 Å². The summed E-state index contributed by atoms with van der Waals surface area (Å²) >= 11 is 0. The third-order valence-electron chi connectivity index (χ3n) is 3.17. The first-order chi connectivity index (χ1) is 8.65. The second kappa shape index (κ2) is 5.95. The molecule has 100 valence electrons. The zero-order valence-electron chi connectivity index (χ0n) is 11.0. The Hall–Kier alpha value is -1.43. The molecule has 1 aliphatic heterocycles. The minimum atomic E-state index is 0.103. The zero-order valence-corrected chi connectivity index (χ0v) is 11.0. The SMILES string of the molecule is CC(C)NC(=O)CN1CCCC(c2cn[nH]n2)C1. The molecule has 0 spiro atoms. The number of likely N-dealkylation sites (tertiary alicyclic amines) is 1. The Morgan fingerprint density at radius 3 is 3.17 bits per heavy atom. The summed E-state index contributed by atoms with van der Waals surface area (Å²) in [5.41, 5.74) is 1.00. The average molecular weight is 251 g/mol. The van der Waals surface area contributed by atoms with Gasteiger partial charge in [0.05, 0.1) is 18.4 Å². The van der Waals surface area contributed by atoms with Gasteiger partial charge >= 0.3 is 0 Å². The van der Waals surface area contributed by atoms with Crippen LogP contribution < -0.4 is 5.32 Å². The van der Waals surface area contributed by atoms with E-state index >= 15 is 0 Å². The fraction of sp³-hybridized carbons (Fsp3) is 0.750. The number of carbonyl (C=O) groups excluding carboxylic acids is 1. The highest BCUT2D eigenvalue weighted by Gasteiger charge is 2.24. The highest BCUT2D eigenvalue weighted by Crippen LogP contribution is 2.24. The molecule has 18 heavy (non-hydrogen) atoms. The maximum Gasteiger partial charge on any atom is 0.234 e. The van der Waals surface area contributed by atoms with Crippen molar-refractivity contribution < 1.29 is 4.79 Å². The van der Waals surface area contributed by atoms with Gasteiger partial charge in [0.2, 0.25) is 5.91 Å². The van der Waals surface area contributed by atoms with Gasteiger partial charge in [-0.25, -0.2) is 0 Å². The van der Waals surface area contributed by atoms with Crippen LogP contribution in [0.2, 0.25) is 0 Å². The Bertz CT molecular complexity index is 376. The number of carbonyl (C=O) groups is 1. The minimum absolute atomic E-state index is 0.103. The van der Waals surface area contributed by atoms with Crippen molar-refractivity contribution in [3.05, 3.63) is 11.9 Å². The number of aromatic nitrogens is 3. The third-order valence-corrected chi connectivity index (χ3v) is 3.17. The lowest BCUT2D eigenvalue weighted by atomic mass is 9.95. The number of amides is 1. The van der Waals surface area contributed by atoms with E-state index in [1.807, 2.05) is 13.8 Å². The van der Waals surface area contributed by atoms with Gasteiger partial charge in [0.25, 0.3) is 0 Å². The standard InChI is InChI=1S/C12H21N5O/c1-9(2)14-12(18)8-17-5-3-4-10(7-17)11-6-13-16-15-11/h6,9-10H,3-5,7-8H2,1-2H3,(H,14,18)(H,13,15,16). The molecule has 1 aliphatic rings. The molecule has 1 fully saturated rings. The summed E-state index contributed by atoms with van der Waals surface area (Å²) in [5, 5.41) is 13.6. The molecule has 1 unspecified atom stereocenters. The van der Waals surface area contributed by atoms with Gasteiger partial charge < -0.3 is 5.32 Å². The number of nitrogens with zero attached hydrogens (tertiary/aromatic N) is 3. The quantitative estimate of drug-likeness (QED) is 0.817. The Morgan fingerprint density at radius 2 is 2.50 bits per heavy atom. The smallest absolute Gasteiger partial charge is 0.234 e. The predicted molar refractivity (Wildman–Crippen MR) is 68.1 cm³/mol. The summed E-state index contributed by atoms with van der Waals surface area (Å²) in [6.07, 6.45) is 4.00. The van der Waals surface area contributed by atoms with Crippen LogP contribution in [0.5, 0.6) is 0 Å². The second-order valence-corrected chi connectivity index (χ2v) is 5.19. The van der Waals surface area contributed by atoms with Crippen LogP contribution in [0.25, 0.3) is 0 Å². The zero-order chi connectivity index (χ0) is 13.0. The van der Waals surface area contributed by atoms with E-state index in [9.17, 15) is 4.79 Å². The molecular formula is C12H21N5O. The van der Waals surface area contributed by atoms with Crippen molar-refractivity contribution in [1.82, 2.24) is 25.6 Å². The first-order valence-electron chi connectivity index (χ1n) is 6.52. The van der Waals surface area contributed by atoms with Crippen molar-refractivity contribution in [2.45, 2.75) is 38.6 Å². The monoisotopic (exact) mass is 251 g/mol. The van der Waals surface area contributed by atoms with E-state index < -0.39 is 0 Å². The molecule has 6 nitrogen and oxygen atoms in total. The van der Waals surface area contributed by atoms with Gasteiger partial charge in [-0.15, -0.1) is 0 Å². The van der Waals surface area contributed by atoms with Crippen molar-refractivity contribution in [2.75, 3.05) is 19.6 Å². The molecule has 0 bridgehead atoms. The molecule has 2 rings (SSSR count). The average Bonchev–Trinajstić information content (AvgIpc) is 2.81. The maximum atomic E-state index is 11.7. The summed E-state index contributed by atoms with van der Waals surface area (Å²) in [6, 6.07) is 0.202. The highest BCUT2D eigenvalue weighted by molar-refractivity contribution is 5.78. The van der Waals surface area contributed by atoms with Gasteiger partial charge in [-0.2, -0.15) is 15.4 Å². The number of piperidine rings is 1. The van der Waals surface area contributed by atoms with Crippen LogP contribution in [-0.4, -0.2) is 51.9 Å². The maximum absolute atomic E-state index is 11.7. The molecule has 0 aliphatic carbocycles. The lowest BCUT2D eigenvalue weighted by Crippen LogP contribution is -2.43. The summed E-state index contributed by atoms with van der Waals surface area (Å²) in [6.45, 7) is 6.31. The fourth-order valence-corrected chi connectivity index (χ4v) is 2.42. The predicted octanol–water partition coefficient (Wildman–Crippen LogP) is 0.509. The van der Waals surface area contributed by atoms with Crippen LogP contribution >= 0.6 is 0 Å². The molecule has 2 N–H and O–H groups in total. The third kappa shape index (κ3) is 3.53. The van der Waals surface area contributed by atoms with Crippen LogP contribution in [0.15, 0.2) is 6.20 Å². The minimum Gasteiger partial charge on any atom is -0.353 e. The van der Waals surface area contributed by atoms with Gasteiger partial charge in [0.1, 0.15) is 0 Å². The Morgan fingerprint density at radius 1 is 1.67 bits per heavy atom. The molecule has 1 aromatic heterocycles. The van der Waals surface area contributed by atoms with Crippen molar-refractivity contribution in [3.8, 4) is 0 Å². The van der Waals surface area contributed by atoms with Gasteiger partial charge in [-0.1, -0.05) is 0 Å². The van der Waals surface area contributed by atoms with Crippen molar-refractivity contribution >= 4 is 5.91 Å². The van der Waals surface area contributed by atoms with Crippen molar-refractivity contribution in [3.63, 3.8) is 0 Å².